The fourth-order valence-electron chi connectivity index (χ4n) is 1.23. The number of pyridine rings is 1. The maximum absolute atomic E-state index is 11.2. The first kappa shape index (κ1) is 8.31. The molecule has 68 valence electrons. The molecule has 1 aliphatic rings. The third-order valence-electron chi connectivity index (χ3n) is 1.96. The van der Waals surface area contributed by atoms with Gasteiger partial charge in [-0.3, -0.25) is 9.69 Å². The van der Waals surface area contributed by atoms with Gasteiger partial charge < -0.3 is 5.32 Å². The Morgan fingerprint density at radius 1 is 1.62 bits per heavy atom. The van der Waals surface area contributed by atoms with Crippen molar-refractivity contribution >= 4 is 29.0 Å². The monoisotopic (exact) mass is 197 g/mol. The lowest BCUT2D eigenvalue weighted by Crippen LogP contribution is -2.37. The van der Waals surface area contributed by atoms with E-state index in [1.54, 1.807) is 13.1 Å². The summed E-state index contributed by atoms with van der Waals surface area (Å²) in [6, 6.07) is 3.50. The molecule has 1 aromatic heterocycles. The molecule has 0 fully saturated rings. The van der Waals surface area contributed by atoms with Crippen LogP contribution in [0.1, 0.15) is 0 Å². The van der Waals surface area contributed by atoms with Crippen LogP contribution >= 0.6 is 11.6 Å². The van der Waals surface area contributed by atoms with E-state index in [0.717, 1.165) is 5.69 Å². The number of amides is 1. The average molecular weight is 198 g/mol. The van der Waals surface area contributed by atoms with E-state index in [-0.39, 0.29) is 5.91 Å². The highest BCUT2D eigenvalue weighted by molar-refractivity contribution is 6.29. The Morgan fingerprint density at radius 2 is 2.38 bits per heavy atom. The molecule has 4 nitrogen and oxygen atoms in total. The second kappa shape index (κ2) is 2.88. The molecule has 1 amide bonds. The lowest BCUT2D eigenvalue weighted by Gasteiger charge is -2.25. The van der Waals surface area contributed by atoms with E-state index in [4.69, 9.17) is 11.6 Å². The van der Waals surface area contributed by atoms with Gasteiger partial charge in [-0.1, -0.05) is 11.6 Å². The summed E-state index contributed by atoms with van der Waals surface area (Å²) in [4.78, 5) is 16.8. The van der Waals surface area contributed by atoms with Crippen LogP contribution in [0.4, 0.5) is 11.5 Å². The van der Waals surface area contributed by atoms with E-state index in [1.165, 1.54) is 4.90 Å². The van der Waals surface area contributed by atoms with Crippen LogP contribution in [-0.2, 0) is 4.79 Å². The van der Waals surface area contributed by atoms with Crippen molar-refractivity contribution in [2.75, 3.05) is 23.8 Å². The van der Waals surface area contributed by atoms with Crippen molar-refractivity contribution < 1.29 is 4.79 Å². The van der Waals surface area contributed by atoms with E-state index >= 15 is 0 Å². The number of carbonyl (C=O) groups is 1. The first-order valence-electron chi connectivity index (χ1n) is 3.85. The van der Waals surface area contributed by atoms with Crippen molar-refractivity contribution in [3.63, 3.8) is 0 Å². The number of aromatic nitrogens is 1. The molecular formula is C8H8ClN3O. The number of halogens is 1. The third-order valence-corrected chi connectivity index (χ3v) is 2.17. The van der Waals surface area contributed by atoms with Crippen LogP contribution in [0.15, 0.2) is 12.1 Å². The minimum atomic E-state index is -0.0118. The number of fused-ring (bicyclic) bond motifs is 1. The number of nitrogens with zero attached hydrogens (tertiary/aromatic N) is 2. The molecule has 2 rings (SSSR count). The van der Waals surface area contributed by atoms with Gasteiger partial charge >= 0.3 is 0 Å². The van der Waals surface area contributed by atoms with Gasteiger partial charge in [0.2, 0.25) is 5.91 Å². The predicted molar refractivity (Wildman–Crippen MR) is 51.1 cm³/mol. The molecule has 1 aromatic rings. The number of nitrogens with one attached hydrogen (secondary N) is 1. The molecule has 2 heterocycles. The minimum Gasteiger partial charge on any atom is -0.373 e. The second-order valence-electron chi connectivity index (χ2n) is 2.81. The highest BCUT2D eigenvalue weighted by Gasteiger charge is 2.21. The number of hydrogen-bond donors (Lipinski definition) is 1. The molecule has 0 aromatic carbocycles. The summed E-state index contributed by atoms with van der Waals surface area (Å²) in [6.45, 7) is 0.312. The van der Waals surface area contributed by atoms with Crippen molar-refractivity contribution in [1.82, 2.24) is 4.98 Å². The quantitative estimate of drug-likeness (QED) is 0.634. The second-order valence-corrected chi connectivity index (χ2v) is 3.20. The summed E-state index contributed by atoms with van der Waals surface area (Å²) in [6.07, 6.45) is 0. The van der Waals surface area contributed by atoms with Gasteiger partial charge in [0.25, 0.3) is 0 Å². The van der Waals surface area contributed by atoms with Gasteiger partial charge in [0.05, 0.1) is 12.2 Å². The van der Waals surface area contributed by atoms with Crippen LogP contribution in [0.2, 0.25) is 5.15 Å². The summed E-state index contributed by atoms with van der Waals surface area (Å²) in [5.74, 6) is 0.575. The molecule has 0 saturated heterocycles. The molecule has 0 saturated carbocycles. The van der Waals surface area contributed by atoms with Crippen molar-refractivity contribution in [2.45, 2.75) is 0 Å². The molecule has 0 spiro atoms. The number of anilines is 2. The highest BCUT2D eigenvalue weighted by atomic mass is 35.5. The summed E-state index contributed by atoms with van der Waals surface area (Å²) >= 11 is 5.71. The van der Waals surface area contributed by atoms with E-state index in [2.05, 4.69) is 10.3 Å². The fraction of sp³-hybridized carbons (Fsp3) is 0.250. The molecule has 0 aliphatic carbocycles. The molecule has 1 aliphatic heterocycles. The van der Waals surface area contributed by atoms with Crippen molar-refractivity contribution in [3.8, 4) is 0 Å². The van der Waals surface area contributed by atoms with Crippen LogP contribution in [0.3, 0.4) is 0 Å². The molecule has 5 heteroatoms. The number of likely N-dealkylation sites (N-methyl/N-ethyl adjacent to an activating group) is 1. The Kier molecular flexibility index (Phi) is 1.84. The topological polar surface area (TPSA) is 45.2 Å². The maximum atomic E-state index is 11.2. The van der Waals surface area contributed by atoms with Crippen LogP contribution in [0.25, 0.3) is 0 Å². The van der Waals surface area contributed by atoms with Gasteiger partial charge in [-0.25, -0.2) is 4.98 Å². The zero-order valence-electron chi connectivity index (χ0n) is 7.04. The lowest BCUT2D eigenvalue weighted by molar-refractivity contribution is -0.116. The van der Waals surface area contributed by atoms with Gasteiger partial charge in [-0.2, -0.15) is 0 Å². The summed E-state index contributed by atoms with van der Waals surface area (Å²) in [7, 11) is 1.69. The number of carbonyl (C=O) groups excluding carboxylic acids is 1. The summed E-state index contributed by atoms with van der Waals surface area (Å²) < 4.78 is 0. The predicted octanol–water partition coefficient (Wildman–Crippen LogP) is 1.12. The van der Waals surface area contributed by atoms with Gasteiger partial charge in [0, 0.05) is 7.05 Å². The number of hydrogen-bond acceptors (Lipinski definition) is 3. The molecule has 0 bridgehead atoms. The molecule has 0 unspecified atom stereocenters. The Morgan fingerprint density at radius 3 is 3.15 bits per heavy atom. The van der Waals surface area contributed by atoms with Crippen LogP contribution in [0, 0.1) is 0 Å². The normalized spacial score (nSPS) is 15.2. The number of rotatable bonds is 0. The van der Waals surface area contributed by atoms with Crippen LogP contribution < -0.4 is 10.2 Å². The largest absolute Gasteiger partial charge is 0.373 e. The SMILES string of the molecule is CN1C(=O)CNc2ccc(Cl)nc21. The third kappa shape index (κ3) is 1.33. The Labute approximate surface area is 80.5 Å². The minimum absolute atomic E-state index is 0.0118. The van der Waals surface area contributed by atoms with Crippen molar-refractivity contribution in [2.24, 2.45) is 0 Å². The Balaban J connectivity index is 2.51. The maximum Gasteiger partial charge on any atom is 0.247 e. The molecule has 0 atom stereocenters. The van der Waals surface area contributed by atoms with Crippen LogP contribution in [0.5, 0.6) is 0 Å². The van der Waals surface area contributed by atoms with Crippen molar-refractivity contribution in [3.05, 3.63) is 17.3 Å². The summed E-state index contributed by atoms with van der Waals surface area (Å²) in [5.41, 5.74) is 0.839. The first-order valence-corrected chi connectivity index (χ1v) is 4.23. The van der Waals surface area contributed by atoms with Crippen LogP contribution in [-0.4, -0.2) is 24.5 Å². The van der Waals surface area contributed by atoms with Gasteiger partial charge in [-0.05, 0) is 12.1 Å². The summed E-state index contributed by atoms with van der Waals surface area (Å²) in [5, 5.41) is 3.35. The van der Waals surface area contributed by atoms with E-state index in [9.17, 15) is 4.79 Å². The molecular weight excluding hydrogens is 190 g/mol. The lowest BCUT2D eigenvalue weighted by atomic mass is 10.3. The van der Waals surface area contributed by atoms with Gasteiger partial charge in [0.1, 0.15) is 5.15 Å². The van der Waals surface area contributed by atoms with Crippen molar-refractivity contribution in [1.29, 1.82) is 0 Å². The Bertz CT molecular complexity index is 366. The smallest absolute Gasteiger partial charge is 0.247 e. The van der Waals surface area contributed by atoms with Gasteiger partial charge in [-0.15, -0.1) is 0 Å². The zero-order chi connectivity index (χ0) is 9.42. The van der Waals surface area contributed by atoms with E-state index < -0.39 is 0 Å². The molecule has 13 heavy (non-hydrogen) atoms. The zero-order valence-corrected chi connectivity index (χ0v) is 7.80. The molecule has 0 radical (unpaired) electrons. The van der Waals surface area contributed by atoms with E-state index in [1.807, 2.05) is 6.07 Å². The first-order chi connectivity index (χ1) is 6.18. The standard InChI is InChI=1S/C8H8ClN3O/c1-12-7(13)4-10-5-2-3-6(9)11-8(5)12/h2-3,10H,4H2,1H3. The highest BCUT2D eigenvalue weighted by Crippen LogP contribution is 2.27. The van der Waals surface area contributed by atoms with Gasteiger partial charge in [0.15, 0.2) is 5.82 Å². The van der Waals surface area contributed by atoms with E-state index in [0.29, 0.717) is 17.5 Å². The molecule has 1 N–H and O–H groups in total. The fourth-order valence-corrected chi connectivity index (χ4v) is 1.37. The average Bonchev–Trinajstić information content (AvgIpc) is 2.12. The Hall–Kier alpha value is -1.29.